The predicted octanol–water partition coefficient (Wildman–Crippen LogP) is 5.58. The molecule has 0 unspecified atom stereocenters. The Hall–Kier alpha value is -6.72. The standard InChI is InChI=1S/C35H25F6N3O9/c1-18-8-10-19(11-9-18)28(45)42-25-14-12-20(13-15-25)29(46)43-44-30(47)26(52-32(50)21-4-2-6-23(16-21)34(36,37)38)27(31(48)49)53-33(51)22-5-3-7-24(17-22)35(39,40)41/h2-17,26-27H,1H3,(H,42,45)(H,43,46)(H,44,47)(H,48,49)/t26-,27-/m1/s1. The highest BCUT2D eigenvalue weighted by Crippen LogP contribution is 2.31. The Morgan fingerprint density at radius 3 is 1.51 bits per heavy atom. The number of benzene rings is 4. The fraction of sp³-hybridized carbons (Fsp3) is 0.143. The summed E-state index contributed by atoms with van der Waals surface area (Å²) < 4.78 is 89.0. The molecule has 0 radical (unpaired) electrons. The van der Waals surface area contributed by atoms with E-state index in [9.17, 15) is 60.2 Å². The van der Waals surface area contributed by atoms with Gasteiger partial charge in [-0.1, -0.05) is 29.8 Å². The number of carbonyl (C=O) groups excluding carboxylic acids is 5. The van der Waals surface area contributed by atoms with Gasteiger partial charge in [-0.2, -0.15) is 26.3 Å². The van der Waals surface area contributed by atoms with E-state index < -0.39 is 82.4 Å². The summed E-state index contributed by atoms with van der Waals surface area (Å²) in [6, 6.07) is 16.8. The first-order chi connectivity index (χ1) is 24.8. The number of hydrogen-bond donors (Lipinski definition) is 4. The van der Waals surface area contributed by atoms with Crippen molar-refractivity contribution in [2.45, 2.75) is 31.5 Å². The van der Waals surface area contributed by atoms with Crippen LogP contribution in [-0.2, 0) is 31.4 Å². The third-order valence-corrected chi connectivity index (χ3v) is 7.11. The van der Waals surface area contributed by atoms with E-state index in [0.717, 1.165) is 29.8 Å². The van der Waals surface area contributed by atoms with Gasteiger partial charge in [-0.25, -0.2) is 14.4 Å². The summed E-state index contributed by atoms with van der Waals surface area (Å²) >= 11 is 0. The van der Waals surface area contributed by atoms with Gasteiger partial charge in [0.15, 0.2) is 0 Å². The quantitative estimate of drug-likeness (QED) is 0.0917. The molecule has 0 saturated carbocycles. The SMILES string of the molecule is Cc1ccc(C(=O)Nc2ccc(C(=O)NNC(=O)[C@H](OC(=O)c3cccc(C(F)(F)F)c3)[C@@H](OC(=O)c3cccc(C(F)(F)F)c3)C(=O)O)cc2)cc1. The molecule has 0 aromatic heterocycles. The minimum Gasteiger partial charge on any atom is -0.478 e. The number of aryl methyl sites for hydroxylation is 1. The van der Waals surface area contributed by atoms with Crippen molar-refractivity contribution in [2.75, 3.05) is 5.32 Å². The molecule has 4 aromatic rings. The molecule has 0 spiro atoms. The van der Waals surface area contributed by atoms with Crippen LogP contribution in [-0.4, -0.2) is 52.9 Å². The van der Waals surface area contributed by atoms with Gasteiger partial charge < -0.3 is 19.9 Å². The Labute approximate surface area is 294 Å². The molecule has 12 nitrogen and oxygen atoms in total. The van der Waals surface area contributed by atoms with Gasteiger partial charge in [0.05, 0.1) is 22.3 Å². The Kier molecular flexibility index (Phi) is 11.9. The zero-order valence-electron chi connectivity index (χ0n) is 26.9. The van der Waals surface area contributed by atoms with Gasteiger partial charge in [0, 0.05) is 16.8 Å². The van der Waals surface area contributed by atoms with Gasteiger partial charge in [0.1, 0.15) is 0 Å². The summed E-state index contributed by atoms with van der Waals surface area (Å²) in [6.45, 7) is 1.84. The van der Waals surface area contributed by atoms with E-state index in [-0.39, 0.29) is 11.3 Å². The van der Waals surface area contributed by atoms with Crippen LogP contribution in [0.3, 0.4) is 0 Å². The van der Waals surface area contributed by atoms with E-state index in [2.05, 4.69) is 5.32 Å². The lowest BCUT2D eigenvalue weighted by Crippen LogP contribution is -2.54. The van der Waals surface area contributed by atoms with Crippen molar-refractivity contribution in [3.63, 3.8) is 0 Å². The number of carboxylic acids is 1. The zero-order valence-corrected chi connectivity index (χ0v) is 26.9. The highest BCUT2D eigenvalue weighted by molar-refractivity contribution is 6.05. The Morgan fingerprint density at radius 1 is 0.585 bits per heavy atom. The minimum atomic E-state index is -4.94. The number of ether oxygens (including phenoxy) is 2. The van der Waals surface area contributed by atoms with Gasteiger partial charge in [-0.15, -0.1) is 0 Å². The Bertz CT molecular complexity index is 2030. The summed E-state index contributed by atoms with van der Waals surface area (Å²) in [4.78, 5) is 76.4. The fourth-order valence-corrected chi connectivity index (χ4v) is 4.38. The van der Waals surface area contributed by atoms with Crippen LogP contribution < -0.4 is 16.2 Å². The van der Waals surface area contributed by atoms with Crippen molar-refractivity contribution < 1.29 is 69.7 Å². The van der Waals surface area contributed by atoms with E-state index in [1.165, 1.54) is 24.3 Å². The van der Waals surface area contributed by atoms with Crippen LogP contribution >= 0.6 is 0 Å². The molecule has 0 aliphatic heterocycles. The van der Waals surface area contributed by atoms with Crippen molar-refractivity contribution in [1.82, 2.24) is 10.9 Å². The normalized spacial score (nSPS) is 12.4. The highest BCUT2D eigenvalue weighted by atomic mass is 19.4. The second-order valence-corrected chi connectivity index (χ2v) is 11.0. The molecule has 0 heterocycles. The number of carboxylic acid groups (broad SMARTS) is 1. The summed E-state index contributed by atoms with van der Waals surface area (Å²) in [5, 5.41) is 12.4. The van der Waals surface area contributed by atoms with Gasteiger partial charge in [-0.3, -0.25) is 25.2 Å². The molecular weight excluding hydrogens is 720 g/mol. The molecule has 276 valence electrons. The molecule has 2 atom stereocenters. The van der Waals surface area contributed by atoms with Crippen LogP contribution in [0.4, 0.5) is 32.0 Å². The molecule has 4 rings (SSSR count). The van der Waals surface area contributed by atoms with Crippen LogP contribution in [0, 0.1) is 6.92 Å². The first kappa shape index (κ1) is 39.1. The van der Waals surface area contributed by atoms with E-state index in [1.807, 2.05) is 12.3 Å². The summed E-state index contributed by atoms with van der Waals surface area (Å²) in [6.07, 6.45) is -15.4. The number of rotatable bonds is 10. The number of esters is 2. The first-order valence-corrected chi connectivity index (χ1v) is 14.9. The second-order valence-electron chi connectivity index (χ2n) is 11.0. The molecule has 0 saturated heterocycles. The molecule has 18 heteroatoms. The van der Waals surface area contributed by atoms with Crippen LogP contribution in [0.5, 0.6) is 0 Å². The molecule has 4 N–H and O–H groups in total. The number of alkyl halides is 6. The number of aliphatic carboxylic acids is 1. The molecule has 4 aromatic carbocycles. The third kappa shape index (κ3) is 10.4. The summed E-state index contributed by atoms with van der Waals surface area (Å²) in [5.41, 5.74) is 0.743. The number of hydrazine groups is 1. The summed E-state index contributed by atoms with van der Waals surface area (Å²) in [7, 11) is 0. The van der Waals surface area contributed by atoms with E-state index >= 15 is 0 Å². The van der Waals surface area contributed by atoms with Gasteiger partial charge in [0.25, 0.3) is 17.7 Å². The molecular formula is C35H25F6N3O9. The van der Waals surface area contributed by atoms with Crippen LogP contribution in [0.25, 0.3) is 0 Å². The van der Waals surface area contributed by atoms with Crippen molar-refractivity contribution >= 4 is 41.3 Å². The number of nitrogens with one attached hydrogen (secondary N) is 3. The van der Waals surface area contributed by atoms with Crippen LogP contribution in [0.1, 0.15) is 58.1 Å². The molecule has 0 fully saturated rings. The van der Waals surface area contributed by atoms with Gasteiger partial charge in [-0.05, 0) is 79.7 Å². The fourth-order valence-electron chi connectivity index (χ4n) is 4.38. The summed E-state index contributed by atoms with van der Waals surface area (Å²) in [5.74, 6) is -8.82. The molecule has 0 aliphatic rings. The third-order valence-electron chi connectivity index (χ3n) is 7.11. The smallest absolute Gasteiger partial charge is 0.416 e. The van der Waals surface area contributed by atoms with Crippen LogP contribution in [0.2, 0.25) is 0 Å². The topological polar surface area (TPSA) is 177 Å². The lowest BCUT2D eigenvalue weighted by atomic mass is 10.1. The molecule has 3 amide bonds. The second kappa shape index (κ2) is 16.1. The number of anilines is 1. The Morgan fingerprint density at radius 2 is 1.04 bits per heavy atom. The number of halogens is 6. The zero-order chi connectivity index (χ0) is 39.1. The highest BCUT2D eigenvalue weighted by Gasteiger charge is 2.42. The van der Waals surface area contributed by atoms with Gasteiger partial charge >= 0.3 is 30.3 Å². The first-order valence-electron chi connectivity index (χ1n) is 14.9. The van der Waals surface area contributed by atoms with E-state index in [1.54, 1.807) is 29.7 Å². The monoisotopic (exact) mass is 745 g/mol. The molecule has 0 aliphatic carbocycles. The van der Waals surface area contributed by atoms with E-state index in [4.69, 9.17) is 9.47 Å². The largest absolute Gasteiger partial charge is 0.478 e. The predicted molar refractivity (Wildman–Crippen MR) is 170 cm³/mol. The lowest BCUT2D eigenvalue weighted by Gasteiger charge is -2.24. The van der Waals surface area contributed by atoms with E-state index in [0.29, 0.717) is 29.8 Å². The van der Waals surface area contributed by atoms with Crippen molar-refractivity contribution in [3.05, 3.63) is 136 Å². The number of carbonyl (C=O) groups is 6. The average Bonchev–Trinajstić information content (AvgIpc) is 3.11. The average molecular weight is 746 g/mol. The maximum Gasteiger partial charge on any atom is 0.416 e. The molecule has 53 heavy (non-hydrogen) atoms. The van der Waals surface area contributed by atoms with Crippen molar-refractivity contribution in [3.8, 4) is 0 Å². The molecule has 0 bridgehead atoms. The maximum atomic E-state index is 13.3. The van der Waals surface area contributed by atoms with Crippen molar-refractivity contribution in [1.29, 1.82) is 0 Å². The van der Waals surface area contributed by atoms with Crippen LogP contribution in [0.15, 0.2) is 97.1 Å². The number of amides is 3. The lowest BCUT2D eigenvalue weighted by molar-refractivity contribution is -0.159. The minimum absolute atomic E-state index is 0.137. The van der Waals surface area contributed by atoms with Gasteiger partial charge in [0.2, 0.25) is 12.2 Å². The Balaban J connectivity index is 1.54. The van der Waals surface area contributed by atoms with Crippen molar-refractivity contribution in [2.24, 2.45) is 0 Å². The number of hydrogen-bond acceptors (Lipinski definition) is 8. The maximum absolute atomic E-state index is 13.3.